The van der Waals surface area contributed by atoms with Crippen molar-refractivity contribution in [1.82, 2.24) is 0 Å². The van der Waals surface area contributed by atoms with Crippen molar-refractivity contribution < 1.29 is 29.4 Å². The lowest BCUT2D eigenvalue weighted by Crippen LogP contribution is -2.56. The molecule has 0 rings (SSSR count). The molecule has 0 spiro atoms. The van der Waals surface area contributed by atoms with Gasteiger partial charge in [-0.1, -0.05) is 0 Å². The summed E-state index contributed by atoms with van der Waals surface area (Å²) in [6.45, 7) is -2.81. The Morgan fingerprint density at radius 3 is 1.61 bits per heavy atom. The van der Waals surface area contributed by atoms with Crippen LogP contribution in [0.1, 0.15) is 0 Å². The number of hydrogen-bond acceptors (Lipinski definition) is 10. The zero-order chi connectivity index (χ0) is 14.3. The van der Waals surface area contributed by atoms with Gasteiger partial charge in [-0.2, -0.15) is 0 Å². The van der Waals surface area contributed by atoms with E-state index >= 15 is 0 Å². The molecule has 0 N–H and O–H groups in total. The monoisotopic (exact) mass is 270 g/mol. The molecule has 0 aliphatic carbocycles. The van der Waals surface area contributed by atoms with Crippen LogP contribution in [-0.4, -0.2) is 45.5 Å². The minimum atomic E-state index is -3.74. The van der Waals surface area contributed by atoms with Crippen LogP contribution >= 0.6 is 0 Å². The van der Waals surface area contributed by atoms with E-state index in [2.05, 4.69) is 9.57 Å². The predicted molar refractivity (Wildman–Crippen MR) is 47.5 cm³/mol. The summed E-state index contributed by atoms with van der Waals surface area (Å²) in [5, 5.41) is 39.6. The first-order chi connectivity index (χ1) is 8.25. The Labute approximate surface area is 96.6 Å². The number of hydrogen-bond donors (Lipinski definition) is 0. The van der Waals surface area contributed by atoms with Crippen molar-refractivity contribution in [3.05, 3.63) is 40.5 Å². The van der Waals surface area contributed by atoms with E-state index in [1.54, 1.807) is 0 Å². The van der Waals surface area contributed by atoms with Crippen LogP contribution in [-0.2, 0) is 9.57 Å². The summed E-state index contributed by atoms with van der Waals surface area (Å²) < 4.78 is 4.28. The summed E-state index contributed by atoms with van der Waals surface area (Å²) in [7, 11) is 0. The van der Waals surface area contributed by atoms with Gasteiger partial charge in [0.1, 0.15) is 6.61 Å². The summed E-state index contributed by atoms with van der Waals surface area (Å²) in [6, 6.07) is 0. The van der Waals surface area contributed by atoms with Crippen molar-refractivity contribution in [1.29, 1.82) is 0 Å². The van der Waals surface area contributed by atoms with Crippen molar-refractivity contribution in [3.63, 3.8) is 0 Å². The first kappa shape index (κ1) is 15.4. The average Bonchev–Trinajstić information content (AvgIpc) is 2.20. The van der Waals surface area contributed by atoms with Gasteiger partial charge >= 0.3 is 5.79 Å². The molecule has 18 heavy (non-hydrogen) atoms. The Balaban J connectivity index is 4.53. The van der Waals surface area contributed by atoms with E-state index in [4.69, 9.17) is 0 Å². The van der Waals surface area contributed by atoms with E-state index in [0.29, 0.717) is 0 Å². The minimum Gasteiger partial charge on any atom is -0.358 e. The number of nitro groups is 3. The average molecular weight is 270 g/mol. The zero-order valence-corrected chi connectivity index (χ0v) is 8.49. The summed E-state index contributed by atoms with van der Waals surface area (Å²) in [6.07, 6.45) is 0. The number of nitrogens with zero attached hydrogens (tertiary/aromatic N) is 4. The van der Waals surface area contributed by atoms with Crippen LogP contribution in [0.3, 0.4) is 0 Å². The maximum atomic E-state index is 10.4. The van der Waals surface area contributed by atoms with Crippen molar-refractivity contribution >= 4 is 0 Å². The Morgan fingerprint density at radius 2 is 1.28 bits per heavy atom. The molecule has 0 unspecified atom stereocenters. The molecule has 102 valence electrons. The van der Waals surface area contributed by atoms with E-state index in [9.17, 15) is 40.5 Å². The first-order valence-electron chi connectivity index (χ1n) is 4.03. The summed E-state index contributed by atoms with van der Waals surface area (Å²) in [4.78, 5) is 39.4. The van der Waals surface area contributed by atoms with Crippen LogP contribution < -0.4 is 0 Å². The van der Waals surface area contributed by atoms with Crippen molar-refractivity contribution in [2.24, 2.45) is 0 Å². The third-order valence-corrected chi connectivity index (χ3v) is 1.60. The van der Waals surface area contributed by atoms with Gasteiger partial charge in [-0.25, -0.2) is 0 Å². The number of ether oxygens (including phenoxy) is 1. The van der Waals surface area contributed by atoms with Gasteiger partial charge in [-0.15, -0.1) is 10.1 Å². The van der Waals surface area contributed by atoms with Crippen LogP contribution in [0, 0.1) is 40.5 Å². The fraction of sp³-hybridized carbons (Fsp3) is 1.00. The Kier molecular flexibility index (Phi) is 5.28. The van der Waals surface area contributed by atoms with E-state index < -0.39 is 45.5 Å². The molecule has 0 heterocycles. The van der Waals surface area contributed by atoms with E-state index in [0.717, 1.165) is 0 Å². The van der Waals surface area contributed by atoms with Gasteiger partial charge < -0.3 is 9.57 Å². The lowest BCUT2D eigenvalue weighted by molar-refractivity contribution is -0.970. The van der Waals surface area contributed by atoms with E-state index in [-0.39, 0.29) is 0 Å². The van der Waals surface area contributed by atoms with Crippen LogP contribution in [0.5, 0.6) is 0 Å². The molecule has 0 fully saturated rings. The maximum Gasteiger partial charge on any atom is 0.723 e. The highest BCUT2D eigenvalue weighted by molar-refractivity contribution is 4.51. The lowest BCUT2D eigenvalue weighted by atomic mass is 10.4. The van der Waals surface area contributed by atoms with Crippen LogP contribution in [0.4, 0.5) is 0 Å². The van der Waals surface area contributed by atoms with Gasteiger partial charge in [-0.3, -0.25) is 30.3 Å². The van der Waals surface area contributed by atoms with Crippen LogP contribution in [0.2, 0.25) is 0 Å². The van der Waals surface area contributed by atoms with Gasteiger partial charge in [0.05, 0.1) is 6.61 Å². The summed E-state index contributed by atoms with van der Waals surface area (Å²) in [5.41, 5.74) is 0. The molecule has 0 aliphatic heterocycles. The molecule has 14 heteroatoms. The predicted octanol–water partition coefficient (Wildman–Crippen LogP) is -1.30. The highest BCUT2D eigenvalue weighted by Gasteiger charge is 2.70. The van der Waals surface area contributed by atoms with E-state index in [1.807, 2.05) is 0 Å². The molecule has 0 aromatic rings. The third kappa shape index (κ3) is 3.44. The SMILES string of the molecule is O=[N+]([O-])OCCOCC([N+](=O)[O-])([N+](=O)[O-])[N+](=O)[O-]. The van der Waals surface area contributed by atoms with Crippen molar-refractivity contribution in [2.45, 2.75) is 5.79 Å². The molecule has 0 saturated carbocycles. The fourth-order valence-electron chi connectivity index (χ4n) is 0.738. The Hall–Kier alpha value is -2.64. The highest BCUT2D eigenvalue weighted by Crippen LogP contribution is 2.12. The third-order valence-electron chi connectivity index (χ3n) is 1.60. The lowest BCUT2D eigenvalue weighted by Gasteiger charge is -2.08. The van der Waals surface area contributed by atoms with Gasteiger partial charge in [0.25, 0.3) is 11.7 Å². The smallest absolute Gasteiger partial charge is 0.358 e. The Bertz CT molecular complexity index is 331. The zero-order valence-electron chi connectivity index (χ0n) is 8.49. The second-order valence-corrected chi connectivity index (χ2v) is 2.66. The minimum absolute atomic E-state index is 0.655. The van der Waals surface area contributed by atoms with Crippen molar-refractivity contribution in [3.8, 4) is 0 Å². The molecular weight excluding hydrogens is 264 g/mol. The summed E-state index contributed by atoms with van der Waals surface area (Å²) in [5.74, 6) is -3.74. The second kappa shape index (κ2) is 6.18. The molecule has 0 saturated heterocycles. The van der Waals surface area contributed by atoms with E-state index in [1.165, 1.54) is 0 Å². The number of rotatable bonds is 9. The van der Waals surface area contributed by atoms with Crippen LogP contribution in [0.15, 0.2) is 0 Å². The first-order valence-corrected chi connectivity index (χ1v) is 4.03. The molecule has 0 aromatic carbocycles. The second-order valence-electron chi connectivity index (χ2n) is 2.66. The standard InChI is InChI=1S/C4H6N4O10/c9-5(10)4(6(11)12,7(13)14)3-17-1-2-18-8(15)16/h1-3H2. The summed E-state index contributed by atoms with van der Waals surface area (Å²) >= 11 is 0. The fourth-order valence-corrected chi connectivity index (χ4v) is 0.738. The molecule has 0 aromatic heterocycles. The molecule has 0 bridgehead atoms. The quantitative estimate of drug-likeness (QED) is 0.210. The molecular formula is C4H6N4O10. The topological polar surface area (TPSA) is 191 Å². The normalized spacial score (nSPS) is 10.7. The van der Waals surface area contributed by atoms with Gasteiger partial charge in [0.15, 0.2) is 14.8 Å². The molecule has 14 nitrogen and oxygen atoms in total. The maximum absolute atomic E-state index is 10.4. The molecule has 0 aliphatic rings. The molecule has 0 amide bonds. The molecule has 0 radical (unpaired) electrons. The van der Waals surface area contributed by atoms with Gasteiger partial charge in [0, 0.05) is 0 Å². The molecule has 0 atom stereocenters. The van der Waals surface area contributed by atoms with Gasteiger partial charge in [0.2, 0.25) is 0 Å². The Morgan fingerprint density at radius 1 is 0.833 bits per heavy atom. The highest BCUT2D eigenvalue weighted by atomic mass is 17.0. The largest absolute Gasteiger partial charge is 0.723 e. The van der Waals surface area contributed by atoms with Gasteiger partial charge in [-0.05, 0) is 0 Å². The van der Waals surface area contributed by atoms with Crippen LogP contribution in [0.25, 0.3) is 0 Å². The van der Waals surface area contributed by atoms with Crippen molar-refractivity contribution in [2.75, 3.05) is 19.8 Å².